The van der Waals surface area contributed by atoms with Crippen LogP contribution in [0.15, 0.2) is 0 Å². The molecule has 5 aliphatic rings. The van der Waals surface area contributed by atoms with Crippen LogP contribution in [0, 0.1) is 35.5 Å². The van der Waals surface area contributed by atoms with Gasteiger partial charge in [0.25, 0.3) is 0 Å². The summed E-state index contributed by atoms with van der Waals surface area (Å²) in [6, 6.07) is 0.383. The zero-order chi connectivity index (χ0) is 14.6. The lowest BCUT2D eigenvalue weighted by Gasteiger charge is -2.54. The van der Waals surface area contributed by atoms with Gasteiger partial charge in [-0.1, -0.05) is 0 Å². The van der Waals surface area contributed by atoms with Gasteiger partial charge in [-0.3, -0.25) is 9.59 Å². The standard InChI is InChI=1S/C17H25NO3/c19-16(11-1-2-12(8-11)17(20)21)18-15-13-4-9-3-10(6-13)7-14(15)5-9/h9-15H,1-8H2,(H,18,19)(H,20,21)/t9?,10?,11-,12+,13?,14?,15?/m0/s1. The summed E-state index contributed by atoms with van der Waals surface area (Å²) in [6.45, 7) is 0. The van der Waals surface area contributed by atoms with Gasteiger partial charge in [0.2, 0.25) is 5.91 Å². The number of carboxylic acid groups (broad SMARTS) is 1. The van der Waals surface area contributed by atoms with Gasteiger partial charge in [-0.15, -0.1) is 0 Å². The third-order valence-electron chi connectivity index (χ3n) is 6.69. The molecule has 0 aromatic rings. The summed E-state index contributed by atoms with van der Waals surface area (Å²) in [6.07, 6.45) is 8.59. The number of aliphatic carboxylic acids is 1. The summed E-state index contributed by atoms with van der Waals surface area (Å²) in [7, 11) is 0. The number of rotatable bonds is 3. The normalized spacial score (nSPS) is 47.5. The molecule has 0 spiro atoms. The van der Waals surface area contributed by atoms with Gasteiger partial charge in [-0.05, 0) is 75.0 Å². The van der Waals surface area contributed by atoms with Crippen molar-refractivity contribution in [3.8, 4) is 0 Å². The first-order valence-electron chi connectivity index (χ1n) is 8.63. The Balaban J connectivity index is 1.38. The number of carbonyl (C=O) groups is 2. The quantitative estimate of drug-likeness (QED) is 0.839. The largest absolute Gasteiger partial charge is 0.481 e. The Hall–Kier alpha value is -1.06. The van der Waals surface area contributed by atoms with Crippen molar-refractivity contribution in [1.29, 1.82) is 0 Å². The molecule has 0 unspecified atom stereocenters. The first-order valence-corrected chi connectivity index (χ1v) is 8.63. The summed E-state index contributed by atoms with van der Waals surface area (Å²) >= 11 is 0. The Kier molecular flexibility index (Phi) is 3.23. The molecule has 2 N–H and O–H groups in total. The molecule has 4 nitrogen and oxygen atoms in total. The molecule has 116 valence electrons. The number of carbonyl (C=O) groups excluding carboxylic acids is 1. The average Bonchev–Trinajstić information content (AvgIpc) is 2.92. The maximum Gasteiger partial charge on any atom is 0.306 e. The van der Waals surface area contributed by atoms with E-state index in [-0.39, 0.29) is 17.7 Å². The molecule has 1 amide bonds. The third kappa shape index (κ3) is 2.36. The third-order valence-corrected chi connectivity index (χ3v) is 6.69. The van der Waals surface area contributed by atoms with Crippen molar-refractivity contribution in [2.45, 2.75) is 57.4 Å². The van der Waals surface area contributed by atoms with Crippen LogP contribution in [0.1, 0.15) is 51.4 Å². The highest BCUT2D eigenvalue weighted by Crippen LogP contribution is 2.53. The van der Waals surface area contributed by atoms with Gasteiger partial charge in [0.15, 0.2) is 0 Å². The van der Waals surface area contributed by atoms with E-state index in [9.17, 15) is 9.59 Å². The zero-order valence-electron chi connectivity index (χ0n) is 12.5. The van der Waals surface area contributed by atoms with Gasteiger partial charge >= 0.3 is 5.97 Å². The molecule has 0 aromatic carbocycles. The molecule has 5 saturated carbocycles. The SMILES string of the molecule is O=C(O)[C@@H]1CC[C@H](C(=O)NC2C3CC4CC(C3)CC2C4)C1. The van der Waals surface area contributed by atoms with Gasteiger partial charge in [-0.25, -0.2) is 0 Å². The minimum atomic E-state index is -0.736. The zero-order valence-corrected chi connectivity index (χ0v) is 12.5. The van der Waals surface area contributed by atoms with Gasteiger partial charge in [-0.2, -0.15) is 0 Å². The lowest BCUT2D eigenvalue weighted by Crippen LogP contribution is -2.56. The smallest absolute Gasteiger partial charge is 0.306 e. The highest BCUT2D eigenvalue weighted by molar-refractivity contribution is 5.81. The van der Waals surface area contributed by atoms with E-state index in [0.29, 0.717) is 30.7 Å². The van der Waals surface area contributed by atoms with Crippen LogP contribution in [-0.4, -0.2) is 23.0 Å². The van der Waals surface area contributed by atoms with E-state index in [0.717, 1.165) is 18.3 Å². The predicted octanol–water partition coefficient (Wildman–Crippen LogP) is 2.43. The summed E-state index contributed by atoms with van der Waals surface area (Å²) in [4.78, 5) is 23.5. The van der Waals surface area contributed by atoms with Crippen LogP contribution in [0.5, 0.6) is 0 Å². The topological polar surface area (TPSA) is 66.4 Å². The van der Waals surface area contributed by atoms with E-state index >= 15 is 0 Å². The highest BCUT2D eigenvalue weighted by atomic mass is 16.4. The Labute approximate surface area is 125 Å². The van der Waals surface area contributed by atoms with Crippen LogP contribution in [0.4, 0.5) is 0 Å². The van der Waals surface area contributed by atoms with Crippen LogP contribution < -0.4 is 5.32 Å². The molecular weight excluding hydrogens is 266 g/mol. The molecule has 5 fully saturated rings. The molecule has 0 radical (unpaired) electrons. The number of amides is 1. The first-order chi connectivity index (χ1) is 10.1. The molecule has 2 atom stereocenters. The predicted molar refractivity (Wildman–Crippen MR) is 77.4 cm³/mol. The highest BCUT2D eigenvalue weighted by Gasteiger charge is 2.49. The lowest BCUT2D eigenvalue weighted by atomic mass is 9.54. The van der Waals surface area contributed by atoms with Crippen molar-refractivity contribution in [2.24, 2.45) is 35.5 Å². The van der Waals surface area contributed by atoms with Gasteiger partial charge in [0.1, 0.15) is 0 Å². The van der Waals surface area contributed by atoms with Crippen molar-refractivity contribution in [2.75, 3.05) is 0 Å². The maximum atomic E-state index is 12.5. The van der Waals surface area contributed by atoms with E-state index in [1.807, 2.05) is 0 Å². The van der Waals surface area contributed by atoms with Crippen LogP contribution in [0.3, 0.4) is 0 Å². The van der Waals surface area contributed by atoms with Crippen molar-refractivity contribution in [1.82, 2.24) is 5.32 Å². The summed E-state index contributed by atoms with van der Waals surface area (Å²) < 4.78 is 0. The second-order valence-electron chi connectivity index (χ2n) is 8.01. The molecule has 0 aliphatic heterocycles. The second kappa shape index (κ2) is 4.99. The Morgan fingerprint density at radius 1 is 0.810 bits per heavy atom. The number of hydrogen-bond acceptors (Lipinski definition) is 2. The van der Waals surface area contributed by atoms with Crippen LogP contribution >= 0.6 is 0 Å². The van der Waals surface area contributed by atoms with Crippen molar-refractivity contribution in [3.05, 3.63) is 0 Å². The summed E-state index contributed by atoms with van der Waals surface area (Å²) in [5.41, 5.74) is 0. The summed E-state index contributed by atoms with van der Waals surface area (Å²) in [5, 5.41) is 12.4. The number of nitrogens with one attached hydrogen (secondary N) is 1. The fraction of sp³-hybridized carbons (Fsp3) is 0.882. The molecule has 0 aromatic heterocycles. The molecule has 4 bridgehead atoms. The van der Waals surface area contributed by atoms with Crippen molar-refractivity contribution < 1.29 is 14.7 Å². The minimum absolute atomic E-state index is 0.0664. The molecule has 0 heterocycles. The van der Waals surface area contributed by atoms with E-state index in [4.69, 9.17) is 5.11 Å². The Morgan fingerprint density at radius 2 is 1.38 bits per heavy atom. The molecule has 21 heavy (non-hydrogen) atoms. The van der Waals surface area contributed by atoms with Crippen molar-refractivity contribution >= 4 is 11.9 Å². The molecule has 0 saturated heterocycles. The van der Waals surface area contributed by atoms with E-state index < -0.39 is 5.97 Å². The van der Waals surface area contributed by atoms with Gasteiger partial charge in [0.05, 0.1) is 5.92 Å². The first kappa shape index (κ1) is 13.6. The van der Waals surface area contributed by atoms with Crippen LogP contribution in [-0.2, 0) is 9.59 Å². The lowest BCUT2D eigenvalue weighted by molar-refractivity contribution is -0.141. The molecule has 5 rings (SSSR count). The average molecular weight is 291 g/mol. The number of hydrogen-bond donors (Lipinski definition) is 2. The minimum Gasteiger partial charge on any atom is -0.481 e. The number of carboxylic acids is 1. The molecule has 4 heteroatoms. The Bertz CT molecular complexity index is 433. The fourth-order valence-electron chi connectivity index (χ4n) is 5.89. The molecule has 5 aliphatic carbocycles. The van der Waals surface area contributed by atoms with Crippen molar-refractivity contribution in [3.63, 3.8) is 0 Å². The van der Waals surface area contributed by atoms with Gasteiger partial charge < -0.3 is 10.4 Å². The fourth-order valence-corrected chi connectivity index (χ4v) is 5.89. The van der Waals surface area contributed by atoms with E-state index in [1.165, 1.54) is 32.1 Å². The second-order valence-corrected chi connectivity index (χ2v) is 8.01. The van der Waals surface area contributed by atoms with Crippen LogP contribution in [0.25, 0.3) is 0 Å². The maximum absolute atomic E-state index is 12.5. The van der Waals surface area contributed by atoms with E-state index in [1.54, 1.807) is 0 Å². The summed E-state index contributed by atoms with van der Waals surface area (Å²) in [5.74, 6) is 2.26. The molecular formula is C17H25NO3. The van der Waals surface area contributed by atoms with Crippen LogP contribution in [0.2, 0.25) is 0 Å². The van der Waals surface area contributed by atoms with Gasteiger partial charge in [0, 0.05) is 12.0 Å². The monoisotopic (exact) mass is 291 g/mol. The van der Waals surface area contributed by atoms with E-state index in [2.05, 4.69) is 5.32 Å². The Morgan fingerprint density at radius 3 is 1.90 bits per heavy atom.